The molecule has 0 saturated heterocycles. The summed E-state index contributed by atoms with van der Waals surface area (Å²) >= 11 is 22.6. The lowest BCUT2D eigenvalue weighted by Crippen LogP contribution is -2.33. The zero-order chi connectivity index (χ0) is 19.6. The molecule has 0 aliphatic rings. The third-order valence-corrected chi connectivity index (χ3v) is 4.67. The lowest BCUT2D eigenvalue weighted by atomic mass is 10.2. The van der Waals surface area contributed by atoms with Crippen LogP contribution in [0.2, 0.25) is 15.1 Å². The van der Waals surface area contributed by atoms with Crippen LogP contribution in [0.3, 0.4) is 0 Å². The van der Waals surface area contributed by atoms with Crippen LogP contribution in [-0.4, -0.2) is 11.0 Å². The average Bonchev–Trinajstić information content (AvgIpc) is 3.11. The standard InChI is InChI=1S/C18H10Cl3FN2O2S/c19-11-3-1-9(7-12(11)20)15-5-6-16(26-15)17(25)24-18(27)23-10-2-4-14(22)13(21)8-10/h1-8H,(H2,23,24,25,27). The molecule has 0 bridgehead atoms. The summed E-state index contributed by atoms with van der Waals surface area (Å²) in [5.74, 6) is -0.602. The fourth-order valence-electron chi connectivity index (χ4n) is 2.17. The van der Waals surface area contributed by atoms with Gasteiger partial charge in [0.25, 0.3) is 5.91 Å². The van der Waals surface area contributed by atoms with Crippen LogP contribution in [0.1, 0.15) is 10.6 Å². The number of furan rings is 1. The van der Waals surface area contributed by atoms with E-state index in [-0.39, 0.29) is 15.9 Å². The van der Waals surface area contributed by atoms with Crippen LogP contribution in [0.5, 0.6) is 0 Å². The summed E-state index contributed by atoms with van der Waals surface area (Å²) in [6.07, 6.45) is 0. The minimum Gasteiger partial charge on any atom is -0.451 e. The highest BCUT2D eigenvalue weighted by molar-refractivity contribution is 7.80. The maximum absolute atomic E-state index is 13.2. The molecular formula is C18H10Cl3FN2O2S. The van der Waals surface area contributed by atoms with Gasteiger partial charge in [-0.25, -0.2) is 4.39 Å². The van der Waals surface area contributed by atoms with Crippen molar-refractivity contribution in [3.63, 3.8) is 0 Å². The number of hydrogen-bond acceptors (Lipinski definition) is 3. The van der Waals surface area contributed by atoms with Crippen LogP contribution >= 0.6 is 47.0 Å². The van der Waals surface area contributed by atoms with E-state index in [9.17, 15) is 9.18 Å². The number of halogens is 4. The Morgan fingerprint density at radius 3 is 2.44 bits per heavy atom. The van der Waals surface area contributed by atoms with Crippen LogP contribution in [0.4, 0.5) is 10.1 Å². The number of rotatable bonds is 3. The minimum atomic E-state index is -0.553. The molecule has 4 nitrogen and oxygen atoms in total. The van der Waals surface area contributed by atoms with Crippen molar-refractivity contribution >= 4 is 63.7 Å². The molecule has 138 valence electrons. The molecule has 0 spiro atoms. The second kappa shape index (κ2) is 8.27. The van der Waals surface area contributed by atoms with Gasteiger partial charge < -0.3 is 9.73 Å². The molecule has 0 aliphatic carbocycles. The van der Waals surface area contributed by atoms with Gasteiger partial charge in [0.2, 0.25) is 0 Å². The van der Waals surface area contributed by atoms with Crippen molar-refractivity contribution in [2.75, 3.05) is 5.32 Å². The summed E-state index contributed by atoms with van der Waals surface area (Å²) in [5, 5.41) is 5.94. The van der Waals surface area contributed by atoms with Crippen molar-refractivity contribution in [3.05, 3.63) is 75.2 Å². The van der Waals surface area contributed by atoms with Crippen LogP contribution in [-0.2, 0) is 0 Å². The second-order valence-electron chi connectivity index (χ2n) is 5.33. The van der Waals surface area contributed by atoms with Crippen molar-refractivity contribution in [1.82, 2.24) is 5.32 Å². The third kappa shape index (κ3) is 4.78. The number of amides is 1. The molecular weight excluding hydrogens is 434 g/mol. The minimum absolute atomic E-state index is 0.00941. The quantitative estimate of drug-likeness (QED) is 0.475. The van der Waals surface area contributed by atoms with Gasteiger partial charge in [-0.2, -0.15) is 0 Å². The Hall–Kier alpha value is -2.12. The molecule has 9 heteroatoms. The first-order chi connectivity index (χ1) is 12.8. The highest BCUT2D eigenvalue weighted by Crippen LogP contribution is 2.29. The Balaban J connectivity index is 1.67. The van der Waals surface area contributed by atoms with Gasteiger partial charge in [-0.05, 0) is 60.7 Å². The second-order valence-corrected chi connectivity index (χ2v) is 6.96. The summed E-state index contributed by atoms with van der Waals surface area (Å²) in [7, 11) is 0. The first-order valence-corrected chi connectivity index (χ1v) is 9.00. The van der Waals surface area contributed by atoms with Crippen molar-refractivity contribution in [2.24, 2.45) is 0 Å². The number of nitrogens with one attached hydrogen (secondary N) is 2. The van der Waals surface area contributed by atoms with Crippen molar-refractivity contribution in [1.29, 1.82) is 0 Å². The molecule has 0 unspecified atom stereocenters. The van der Waals surface area contributed by atoms with Gasteiger partial charge in [0.15, 0.2) is 10.9 Å². The molecule has 27 heavy (non-hydrogen) atoms. The Kier molecular flexibility index (Phi) is 6.01. The van der Waals surface area contributed by atoms with Crippen molar-refractivity contribution in [3.8, 4) is 11.3 Å². The summed E-state index contributed by atoms with van der Waals surface area (Å²) in [5.41, 5.74) is 1.10. The Morgan fingerprint density at radius 1 is 0.963 bits per heavy atom. The molecule has 0 radical (unpaired) electrons. The maximum Gasteiger partial charge on any atom is 0.293 e. The van der Waals surface area contributed by atoms with Crippen LogP contribution in [0.15, 0.2) is 52.9 Å². The molecule has 1 amide bonds. The molecule has 0 saturated carbocycles. The maximum atomic E-state index is 13.2. The largest absolute Gasteiger partial charge is 0.451 e. The van der Waals surface area contributed by atoms with E-state index in [1.807, 2.05) is 0 Å². The fourth-order valence-corrected chi connectivity index (χ4v) is 2.85. The first kappa shape index (κ1) is 19.6. The molecule has 0 fully saturated rings. The SMILES string of the molecule is O=C(NC(=S)Nc1ccc(F)c(Cl)c1)c1ccc(-c2ccc(Cl)c(Cl)c2)o1. The average molecular weight is 444 g/mol. The normalized spacial score (nSPS) is 10.5. The highest BCUT2D eigenvalue weighted by Gasteiger charge is 2.14. The van der Waals surface area contributed by atoms with E-state index in [0.717, 1.165) is 0 Å². The van der Waals surface area contributed by atoms with E-state index in [1.54, 1.807) is 24.3 Å². The third-order valence-electron chi connectivity index (χ3n) is 3.44. The zero-order valence-electron chi connectivity index (χ0n) is 13.4. The van der Waals surface area contributed by atoms with E-state index in [1.165, 1.54) is 24.3 Å². The summed E-state index contributed by atoms with van der Waals surface area (Å²) in [4.78, 5) is 12.3. The fraction of sp³-hybridized carbons (Fsp3) is 0. The van der Waals surface area contributed by atoms with Gasteiger partial charge in [-0.15, -0.1) is 0 Å². The Morgan fingerprint density at radius 2 is 1.74 bits per heavy atom. The molecule has 1 aromatic heterocycles. The number of carbonyl (C=O) groups is 1. The van der Waals surface area contributed by atoms with Gasteiger partial charge in [0, 0.05) is 11.3 Å². The number of carbonyl (C=O) groups excluding carboxylic acids is 1. The van der Waals surface area contributed by atoms with Gasteiger partial charge in [0.1, 0.15) is 11.6 Å². The van der Waals surface area contributed by atoms with Gasteiger partial charge in [-0.3, -0.25) is 10.1 Å². The lowest BCUT2D eigenvalue weighted by Gasteiger charge is -2.09. The zero-order valence-corrected chi connectivity index (χ0v) is 16.4. The molecule has 0 atom stereocenters. The number of anilines is 1. The Bertz CT molecular complexity index is 1040. The summed E-state index contributed by atoms with van der Waals surface area (Å²) in [6, 6.07) is 12.1. The van der Waals surface area contributed by atoms with Crippen molar-refractivity contribution in [2.45, 2.75) is 0 Å². The molecule has 3 rings (SSSR count). The number of hydrogen-bond donors (Lipinski definition) is 2. The Labute approximate surface area is 174 Å². The topological polar surface area (TPSA) is 54.3 Å². The van der Waals surface area contributed by atoms with Crippen LogP contribution in [0.25, 0.3) is 11.3 Å². The molecule has 2 aromatic carbocycles. The van der Waals surface area contributed by atoms with Crippen LogP contribution in [0, 0.1) is 5.82 Å². The predicted molar refractivity (Wildman–Crippen MR) is 109 cm³/mol. The van der Waals surface area contributed by atoms with Crippen LogP contribution < -0.4 is 10.6 Å². The molecule has 0 aliphatic heterocycles. The van der Waals surface area contributed by atoms with Gasteiger partial charge in [0.05, 0.1) is 15.1 Å². The van der Waals surface area contributed by atoms with E-state index < -0.39 is 11.7 Å². The summed E-state index contributed by atoms with van der Waals surface area (Å²) in [6.45, 7) is 0. The summed E-state index contributed by atoms with van der Waals surface area (Å²) < 4.78 is 18.7. The highest BCUT2D eigenvalue weighted by atomic mass is 35.5. The van der Waals surface area contributed by atoms with E-state index >= 15 is 0 Å². The van der Waals surface area contributed by atoms with E-state index in [0.29, 0.717) is 27.1 Å². The molecule has 1 heterocycles. The smallest absolute Gasteiger partial charge is 0.293 e. The first-order valence-electron chi connectivity index (χ1n) is 7.46. The van der Waals surface area contributed by atoms with Gasteiger partial charge >= 0.3 is 0 Å². The number of benzene rings is 2. The van der Waals surface area contributed by atoms with E-state index in [2.05, 4.69) is 10.6 Å². The molecule has 2 N–H and O–H groups in total. The predicted octanol–water partition coefficient (Wildman–Crippen LogP) is 6.17. The van der Waals surface area contributed by atoms with Crippen molar-refractivity contribution < 1.29 is 13.6 Å². The van der Waals surface area contributed by atoms with E-state index in [4.69, 9.17) is 51.4 Å². The van der Waals surface area contributed by atoms with Gasteiger partial charge in [-0.1, -0.05) is 34.8 Å². The lowest BCUT2D eigenvalue weighted by molar-refractivity contribution is 0.0951. The number of thiocarbonyl (C=S) groups is 1. The molecule has 3 aromatic rings. The monoisotopic (exact) mass is 442 g/mol.